The van der Waals surface area contributed by atoms with Crippen LogP contribution in [0.25, 0.3) is 16.7 Å². The van der Waals surface area contributed by atoms with Crippen molar-refractivity contribution in [3.63, 3.8) is 0 Å². The molecule has 1 unspecified atom stereocenters. The minimum Gasteiger partial charge on any atom is -0.507 e. The summed E-state index contributed by atoms with van der Waals surface area (Å²) in [7, 11) is 3.87. The minimum atomic E-state index is -0.781. The molecular weight excluding hydrogens is 397 g/mol. The van der Waals surface area contributed by atoms with E-state index in [2.05, 4.69) is 4.98 Å². The first kappa shape index (κ1) is 20.8. The number of nitrogens with zero attached hydrogens (tertiary/aromatic N) is 2. The first-order chi connectivity index (χ1) is 14.9. The quantitative estimate of drug-likeness (QED) is 0.362. The van der Waals surface area contributed by atoms with E-state index in [0.717, 1.165) is 17.4 Å². The fraction of sp³-hybridized carbons (Fsp3) is 0.250. The average Bonchev–Trinajstić information content (AvgIpc) is 3.28. The van der Waals surface area contributed by atoms with Gasteiger partial charge in [-0.3, -0.25) is 9.59 Å². The third-order valence-electron chi connectivity index (χ3n) is 5.57. The van der Waals surface area contributed by atoms with Crippen molar-refractivity contribution in [3.05, 3.63) is 77.2 Å². The Bertz CT molecular complexity index is 1160. The smallest absolute Gasteiger partial charge is 0.295 e. The Morgan fingerprint density at radius 2 is 1.84 bits per heavy atom. The minimum absolute atomic E-state index is 0.0196. The summed E-state index contributed by atoms with van der Waals surface area (Å²) in [5, 5.41) is 11.9. The summed E-state index contributed by atoms with van der Waals surface area (Å²) in [4.78, 5) is 32.5. The number of benzene rings is 2. The number of ketones is 1. The molecule has 1 atom stereocenters. The molecule has 0 radical (unpaired) electrons. The van der Waals surface area contributed by atoms with Gasteiger partial charge in [-0.15, -0.1) is 0 Å². The summed E-state index contributed by atoms with van der Waals surface area (Å²) in [6.07, 6.45) is 2.28. The van der Waals surface area contributed by atoms with Crippen LogP contribution in [0.1, 0.15) is 23.6 Å². The second-order valence-corrected chi connectivity index (χ2v) is 7.95. The molecule has 1 aliphatic heterocycles. The molecule has 2 N–H and O–H groups in total. The molecule has 0 saturated carbocycles. The number of hydrogen-bond donors (Lipinski definition) is 2. The van der Waals surface area contributed by atoms with E-state index < -0.39 is 23.5 Å². The molecule has 2 heterocycles. The lowest BCUT2D eigenvalue weighted by Gasteiger charge is -2.26. The average molecular weight is 421 g/mol. The first-order valence-electron chi connectivity index (χ1n) is 10.1. The lowest BCUT2D eigenvalue weighted by Crippen LogP contribution is -2.32. The fourth-order valence-electron chi connectivity index (χ4n) is 4.07. The van der Waals surface area contributed by atoms with E-state index >= 15 is 0 Å². The van der Waals surface area contributed by atoms with Crippen LogP contribution in [-0.2, 0) is 9.59 Å². The van der Waals surface area contributed by atoms with Crippen LogP contribution >= 0.6 is 0 Å². The zero-order valence-corrected chi connectivity index (χ0v) is 17.4. The number of Topliss-reactive ketones (excluding diaryl/α,β-unsaturated/α-hetero) is 1. The maximum atomic E-state index is 13.6. The monoisotopic (exact) mass is 421 g/mol. The van der Waals surface area contributed by atoms with Gasteiger partial charge in [0.1, 0.15) is 11.6 Å². The molecule has 0 spiro atoms. The zero-order valence-electron chi connectivity index (χ0n) is 17.4. The number of aliphatic hydroxyl groups is 1. The predicted octanol–water partition coefficient (Wildman–Crippen LogP) is 3.68. The van der Waals surface area contributed by atoms with E-state index in [4.69, 9.17) is 0 Å². The van der Waals surface area contributed by atoms with Gasteiger partial charge in [0, 0.05) is 29.2 Å². The number of likely N-dealkylation sites (tertiary alicyclic amines) is 1. The van der Waals surface area contributed by atoms with Crippen molar-refractivity contribution < 1.29 is 19.1 Å². The molecule has 7 heteroatoms. The summed E-state index contributed by atoms with van der Waals surface area (Å²) >= 11 is 0. The first-order valence-corrected chi connectivity index (χ1v) is 10.1. The van der Waals surface area contributed by atoms with Crippen molar-refractivity contribution >= 4 is 28.4 Å². The summed E-state index contributed by atoms with van der Waals surface area (Å²) in [5.74, 6) is -2.04. The summed E-state index contributed by atoms with van der Waals surface area (Å²) in [5.41, 5.74) is 1.86. The number of halogens is 1. The number of aromatic amines is 1. The molecule has 1 aliphatic rings. The number of aromatic nitrogens is 1. The highest BCUT2D eigenvalue weighted by molar-refractivity contribution is 6.46. The van der Waals surface area contributed by atoms with E-state index in [0.29, 0.717) is 24.1 Å². The van der Waals surface area contributed by atoms with Crippen LogP contribution in [0.2, 0.25) is 0 Å². The second kappa shape index (κ2) is 8.35. The molecule has 1 amide bonds. The second-order valence-electron chi connectivity index (χ2n) is 7.95. The van der Waals surface area contributed by atoms with Crippen molar-refractivity contribution in [1.82, 2.24) is 14.8 Å². The molecular formula is C24H24FN3O3. The Balaban J connectivity index is 1.83. The van der Waals surface area contributed by atoms with Crippen LogP contribution < -0.4 is 0 Å². The number of carbonyl (C=O) groups excluding carboxylic acids is 2. The van der Waals surface area contributed by atoms with Gasteiger partial charge >= 0.3 is 0 Å². The topological polar surface area (TPSA) is 76.6 Å². The number of amides is 1. The Kier molecular flexibility index (Phi) is 5.61. The van der Waals surface area contributed by atoms with Crippen molar-refractivity contribution in [2.45, 2.75) is 12.5 Å². The van der Waals surface area contributed by atoms with Gasteiger partial charge in [-0.05, 0) is 50.8 Å². The molecule has 1 fully saturated rings. The van der Waals surface area contributed by atoms with Crippen molar-refractivity contribution in [3.8, 4) is 0 Å². The predicted molar refractivity (Wildman–Crippen MR) is 117 cm³/mol. The number of fused-ring (bicyclic) bond motifs is 1. The van der Waals surface area contributed by atoms with E-state index in [1.807, 2.05) is 43.3 Å². The number of H-pyrrole nitrogens is 1. The van der Waals surface area contributed by atoms with E-state index in [1.165, 1.54) is 17.0 Å². The number of hydrogen-bond acceptors (Lipinski definition) is 4. The Morgan fingerprint density at radius 1 is 1.13 bits per heavy atom. The Morgan fingerprint density at radius 3 is 2.55 bits per heavy atom. The van der Waals surface area contributed by atoms with Gasteiger partial charge in [-0.2, -0.15) is 0 Å². The van der Waals surface area contributed by atoms with Crippen LogP contribution in [0.5, 0.6) is 0 Å². The highest BCUT2D eigenvalue weighted by Crippen LogP contribution is 2.40. The van der Waals surface area contributed by atoms with Gasteiger partial charge in [-0.1, -0.05) is 30.3 Å². The Hall–Kier alpha value is -3.45. The maximum Gasteiger partial charge on any atom is 0.295 e. The maximum absolute atomic E-state index is 13.6. The number of aliphatic hydroxyl groups excluding tert-OH is 1. The third-order valence-corrected chi connectivity index (χ3v) is 5.57. The van der Waals surface area contributed by atoms with Crippen LogP contribution in [-0.4, -0.2) is 58.8 Å². The summed E-state index contributed by atoms with van der Waals surface area (Å²) < 4.78 is 13.6. The van der Waals surface area contributed by atoms with Gasteiger partial charge in [-0.25, -0.2) is 4.39 Å². The van der Waals surface area contributed by atoms with Crippen LogP contribution in [0, 0.1) is 5.82 Å². The van der Waals surface area contributed by atoms with Gasteiger partial charge < -0.3 is 19.9 Å². The van der Waals surface area contributed by atoms with Gasteiger partial charge in [0.25, 0.3) is 11.7 Å². The molecule has 2 aromatic carbocycles. The van der Waals surface area contributed by atoms with Crippen molar-refractivity contribution in [2.75, 3.05) is 27.2 Å². The molecule has 160 valence electrons. The molecule has 0 aliphatic carbocycles. The summed E-state index contributed by atoms with van der Waals surface area (Å²) in [6.45, 7) is 1.08. The lowest BCUT2D eigenvalue weighted by atomic mass is 9.95. The largest absolute Gasteiger partial charge is 0.507 e. The van der Waals surface area contributed by atoms with E-state index in [1.54, 1.807) is 18.3 Å². The number of rotatable bonds is 6. The number of nitrogens with one attached hydrogen (secondary N) is 1. The molecule has 0 bridgehead atoms. The standard InChI is InChI=1S/C24H24FN3O3/c1-27(2)12-5-13-28-21(15-8-10-16(25)11-9-15)20(23(30)24(28)31)22(29)18-14-26-19-7-4-3-6-17(18)19/h3-4,6-11,14,21,26,29H,5,12-13H2,1-2H3/b22-20-. The van der Waals surface area contributed by atoms with Crippen LogP contribution in [0.15, 0.2) is 60.3 Å². The van der Waals surface area contributed by atoms with Crippen LogP contribution in [0.4, 0.5) is 4.39 Å². The van der Waals surface area contributed by atoms with Gasteiger partial charge in [0.2, 0.25) is 0 Å². The SMILES string of the molecule is CN(C)CCCN1C(=O)C(=O)/C(=C(\O)c2c[nH]c3ccccc23)C1c1ccc(F)cc1. The van der Waals surface area contributed by atoms with Crippen LogP contribution in [0.3, 0.4) is 0 Å². The third kappa shape index (κ3) is 3.84. The number of para-hydroxylation sites is 1. The van der Waals surface area contributed by atoms with Gasteiger partial charge in [0.15, 0.2) is 0 Å². The summed E-state index contributed by atoms with van der Waals surface area (Å²) in [6, 6.07) is 12.3. The van der Waals surface area contributed by atoms with E-state index in [9.17, 15) is 19.1 Å². The molecule has 1 aromatic heterocycles. The molecule has 4 rings (SSSR count). The zero-order chi connectivity index (χ0) is 22.1. The van der Waals surface area contributed by atoms with Gasteiger partial charge in [0.05, 0.1) is 11.6 Å². The highest BCUT2D eigenvalue weighted by atomic mass is 19.1. The van der Waals surface area contributed by atoms with E-state index in [-0.39, 0.29) is 11.3 Å². The normalized spacial score (nSPS) is 18.5. The lowest BCUT2D eigenvalue weighted by molar-refractivity contribution is -0.139. The van der Waals surface area contributed by atoms with Crippen molar-refractivity contribution in [2.24, 2.45) is 0 Å². The number of carbonyl (C=O) groups is 2. The fourth-order valence-corrected chi connectivity index (χ4v) is 4.07. The molecule has 6 nitrogen and oxygen atoms in total. The molecule has 1 saturated heterocycles. The molecule has 31 heavy (non-hydrogen) atoms. The van der Waals surface area contributed by atoms with Crippen molar-refractivity contribution in [1.29, 1.82) is 0 Å². The Labute approximate surface area is 179 Å². The molecule has 3 aromatic rings. The highest BCUT2D eigenvalue weighted by Gasteiger charge is 2.46.